The molecule has 5 heterocycles. The molecule has 1 aromatic heterocycles. The van der Waals surface area contributed by atoms with Crippen LogP contribution in [0.25, 0.3) is 21.8 Å². The summed E-state index contributed by atoms with van der Waals surface area (Å²) >= 11 is 0. The van der Waals surface area contributed by atoms with Crippen LogP contribution in [0, 0.1) is 0 Å². The average Bonchev–Trinajstić information content (AvgIpc) is 3.53. The quantitative estimate of drug-likeness (QED) is 0.221. The van der Waals surface area contributed by atoms with Gasteiger partial charge in [-0.1, -0.05) is 97.1 Å². The number of hydrogen-bond donors (Lipinski definition) is 1. The predicted octanol–water partition coefficient (Wildman–Crippen LogP) is 6.34. The van der Waals surface area contributed by atoms with Gasteiger partial charge in [0.2, 0.25) is 0 Å². The molecule has 6 heteroatoms. The Morgan fingerprint density at radius 3 is 1.75 bits per heavy atom. The smallest absolute Gasteiger partial charge is 0.256 e. The number of anilines is 6. The third-order valence-electron chi connectivity index (χ3n) is 11.0. The van der Waals surface area contributed by atoms with Gasteiger partial charge in [0.05, 0.1) is 5.69 Å². The second kappa shape index (κ2) is 8.81. The molecule has 0 aliphatic carbocycles. The fraction of sp³-hybridized carbons (Fsp3) is 0. The lowest BCUT2D eigenvalue weighted by Crippen LogP contribution is -2.67. The van der Waals surface area contributed by atoms with Crippen molar-refractivity contribution in [1.82, 2.24) is 4.98 Å². The van der Waals surface area contributed by atoms with Crippen LogP contribution in [0.3, 0.4) is 0 Å². The van der Waals surface area contributed by atoms with Crippen molar-refractivity contribution in [2.45, 2.75) is 0 Å². The van der Waals surface area contributed by atoms with Crippen LogP contribution in [-0.2, 0) is 0 Å². The molecule has 4 nitrogen and oxygen atoms in total. The van der Waals surface area contributed by atoms with Crippen molar-refractivity contribution in [3.05, 3.63) is 146 Å². The van der Waals surface area contributed by atoms with E-state index in [1.807, 2.05) is 0 Å². The number of benzene rings is 7. The lowest BCUT2D eigenvalue weighted by atomic mass is 9.29. The second-order valence-electron chi connectivity index (χ2n) is 13.3. The molecule has 0 radical (unpaired) electrons. The zero-order chi connectivity index (χ0) is 31.1. The highest BCUT2D eigenvalue weighted by molar-refractivity contribution is 7.04. The first-order valence-electron chi connectivity index (χ1n) is 16.7. The van der Waals surface area contributed by atoms with Gasteiger partial charge in [-0.2, -0.15) is 0 Å². The normalized spacial score (nSPS) is 14.2. The lowest BCUT2D eigenvalue weighted by molar-refractivity contribution is 0.488. The van der Waals surface area contributed by atoms with E-state index in [4.69, 9.17) is 4.74 Å². The standard InChI is InChI=1S/C42H25B2N3O/c1-6-17-30-25(12-1)39-31(45-30)18-11-22-35(39)46-32-19-7-2-13-26(32)43-27-14-3-8-20-33(27)47-34-21-9-4-15-28(34)44-29-16-5-10-23-37(29)48-38-24-36(46)40(43)42(47)41(38)44/h1-24,45H. The van der Waals surface area contributed by atoms with Gasteiger partial charge >= 0.3 is 0 Å². The van der Waals surface area contributed by atoms with Gasteiger partial charge in [0.1, 0.15) is 11.5 Å². The maximum atomic E-state index is 6.96. The third-order valence-corrected chi connectivity index (χ3v) is 11.0. The Morgan fingerprint density at radius 1 is 0.438 bits per heavy atom. The van der Waals surface area contributed by atoms with Gasteiger partial charge in [-0.05, 0) is 75.2 Å². The summed E-state index contributed by atoms with van der Waals surface area (Å²) in [5.74, 6) is 1.86. The number of fused-ring (bicyclic) bond motifs is 13. The number of H-pyrrole nitrogens is 1. The van der Waals surface area contributed by atoms with E-state index in [2.05, 4.69) is 160 Å². The largest absolute Gasteiger partial charge is 0.458 e. The number of aromatic amines is 1. The average molecular weight is 609 g/mol. The molecule has 12 rings (SSSR count). The summed E-state index contributed by atoms with van der Waals surface area (Å²) in [5, 5.41) is 2.45. The summed E-state index contributed by atoms with van der Waals surface area (Å²) in [4.78, 5) is 8.73. The number of rotatable bonds is 1. The number of nitrogens with one attached hydrogen (secondary N) is 1. The summed E-state index contributed by atoms with van der Waals surface area (Å²) in [6, 6.07) is 53.2. The maximum absolute atomic E-state index is 6.96. The van der Waals surface area contributed by atoms with Crippen LogP contribution in [-0.4, -0.2) is 18.4 Å². The summed E-state index contributed by atoms with van der Waals surface area (Å²) in [7, 11) is 0. The number of nitrogens with zero attached hydrogens (tertiary/aromatic N) is 2. The third kappa shape index (κ3) is 2.95. The van der Waals surface area contributed by atoms with E-state index in [9.17, 15) is 0 Å². The molecule has 0 bridgehead atoms. The molecule has 0 spiro atoms. The number of ether oxygens (including phenoxy) is 1. The molecule has 7 aromatic carbocycles. The van der Waals surface area contributed by atoms with E-state index in [-0.39, 0.29) is 13.4 Å². The second-order valence-corrected chi connectivity index (χ2v) is 13.3. The summed E-state index contributed by atoms with van der Waals surface area (Å²) in [6.07, 6.45) is 0. The summed E-state index contributed by atoms with van der Waals surface area (Å²) in [5.41, 5.74) is 17.3. The van der Waals surface area contributed by atoms with E-state index >= 15 is 0 Å². The van der Waals surface area contributed by atoms with Gasteiger partial charge in [-0.3, -0.25) is 0 Å². The first-order chi connectivity index (χ1) is 23.8. The Morgan fingerprint density at radius 2 is 1.00 bits per heavy atom. The van der Waals surface area contributed by atoms with E-state index in [0.29, 0.717) is 0 Å². The van der Waals surface area contributed by atoms with Crippen molar-refractivity contribution in [3.8, 4) is 11.5 Å². The molecular weight excluding hydrogens is 584 g/mol. The molecule has 0 unspecified atom stereocenters. The van der Waals surface area contributed by atoms with Crippen LogP contribution in [0.5, 0.6) is 11.5 Å². The van der Waals surface area contributed by atoms with Gasteiger partial charge in [-0.25, -0.2) is 0 Å². The van der Waals surface area contributed by atoms with Crippen molar-refractivity contribution in [2.75, 3.05) is 9.80 Å². The van der Waals surface area contributed by atoms with E-state index in [1.54, 1.807) is 0 Å². The molecule has 0 fully saturated rings. The van der Waals surface area contributed by atoms with E-state index in [1.165, 1.54) is 72.0 Å². The number of para-hydroxylation sites is 5. The van der Waals surface area contributed by atoms with Crippen molar-refractivity contribution in [2.24, 2.45) is 0 Å². The topological polar surface area (TPSA) is 31.5 Å². The fourth-order valence-corrected chi connectivity index (χ4v) is 9.26. The van der Waals surface area contributed by atoms with Crippen LogP contribution in [0.15, 0.2) is 146 Å². The Labute approximate surface area is 278 Å². The Hall–Kier alpha value is -6.13. The van der Waals surface area contributed by atoms with Crippen molar-refractivity contribution in [1.29, 1.82) is 0 Å². The minimum Gasteiger partial charge on any atom is -0.458 e. The van der Waals surface area contributed by atoms with Crippen LogP contribution in [0.1, 0.15) is 0 Å². The highest BCUT2D eigenvalue weighted by Crippen LogP contribution is 2.49. The fourth-order valence-electron chi connectivity index (χ4n) is 9.26. The molecular formula is C42H25B2N3O. The monoisotopic (exact) mass is 609 g/mol. The minimum atomic E-state index is 0.0745. The lowest BCUT2D eigenvalue weighted by Gasteiger charge is -2.49. The van der Waals surface area contributed by atoms with Crippen LogP contribution >= 0.6 is 0 Å². The first-order valence-corrected chi connectivity index (χ1v) is 16.7. The Bertz CT molecular complexity index is 2700. The maximum Gasteiger partial charge on any atom is 0.256 e. The highest BCUT2D eigenvalue weighted by Gasteiger charge is 2.50. The molecule has 8 aromatic rings. The zero-order valence-electron chi connectivity index (χ0n) is 25.8. The number of hydrogen-bond acceptors (Lipinski definition) is 3. The molecule has 220 valence electrons. The van der Waals surface area contributed by atoms with E-state index < -0.39 is 0 Å². The molecule has 0 saturated carbocycles. The molecule has 4 aliphatic heterocycles. The molecule has 0 saturated heterocycles. The molecule has 0 atom stereocenters. The molecule has 1 N–H and O–H groups in total. The van der Waals surface area contributed by atoms with Crippen LogP contribution < -0.4 is 47.3 Å². The van der Waals surface area contributed by atoms with Gasteiger partial charge < -0.3 is 19.5 Å². The van der Waals surface area contributed by atoms with Gasteiger partial charge in [-0.15, -0.1) is 0 Å². The number of aromatic nitrogens is 1. The van der Waals surface area contributed by atoms with Gasteiger partial charge in [0.25, 0.3) is 13.4 Å². The molecule has 48 heavy (non-hydrogen) atoms. The molecule has 0 amide bonds. The zero-order valence-corrected chi connectivity index (χ0v) is 25.8. The Kier molecular flexibility index (Phi) is 4.59. The molecule has 4 aliphatic rings. The summed E-state index contributed by atoms with van der Waals surface area (Å²) < 4.78 is 6.96. The minimum absolute atomic E-state index is 0.0745. The van der Waals surface area contributed by atoms with Gasteiger partial charge in [0, 0.05) is 56.3 Å². The van der Waals surface area contributed by atoms with Crippen LogP contribution in [0.2, 0.25) is 0 Å². The van der Waals surface area contributed by atoms with Crippen LogP contribution in [0.4, 0.5) is 34.1 Å². The van der Waals surface area contributed by atoms with Gasteiger partial charge in [0.15, 0.2) is 0 Å². The summed E-state index contributed by atoms with van der Waals surface area (Å²) in [6.45, 7) is 0.150. The van der Waals surface area contributed by atoms with Crippen molar-refractivity contribution >= 4 is 102 Å². The predicted molar refractivity (Wildman–Crippen MR) is 201 cm³/mol. The van der Waals surface area contributed by atoms with Crippen molar-refractivity contribution in [3.63, 3.8) is 0 Å². The van der Waals surface area contributed by atoms with E-state index in [0.717, 1.165) is 28.2 Å². The highest BCUT2D eigenvalue weighted by atomic mass is 16.5. The Balaban J connectivity index is 1.26. The SMILES string of the molecule is c1ccc2c(c1)Oc1cc3c4c5c1B2c1ccccc1N5c1ccccc1B4c1ccccc1N3c1cccc2[nH]c3ccccc3c12. The first kappa shape index (κ1) is 25.0. The van der Waals surface area contributed by atoms with Crippen molar-refractivity contribution < 1.29 is 4.74 Å².